The van der Waals surface area contributed by atoms with Crippen LogP contribution in [-0.4, -0.2) is 15.7 Å². The van der Waals surface area contributed by atoms with Crippen molar-refractivity contribution >= 4 is 11.6 Å². The van der Waals surface area contributed by atoms with E-state index in [0.29, 0.717) is 5.69 Å². The average molecular weight is 323 g/mol. The van der Waals surface area contributed by atoms with E-state index in [1.165, 1.54) is 28.9 Å². The Morgan fingerprint density at radius 2 is 1.75 bits per heavy atom. The molecule has 0 aliphatic carbocycles. The van der Waals surface area contributed by atoms with Gasteiger partial charge in [0.2, 0.25) is 5.43 Å². The number of benzene rings is 2. The second-order valence-corrected chi connectivity index (χ2v) is 5.18. The van der Waals surface area contributed by atoms with E-state index >= 15 is 0 Å². The van der Waals surface area contributed by atoms with Gasteiger partial charge in [0.05, 0.1) is 11.4 Å². The Morgan fingerprint density at radius 3 is 2.46 bits per heavy atom. The van der Waals surface area contributed by atoms with Crippen LogP contribution in [0.5, 0.6) is 0 Å². The number of carbonyl (C=O) groups excluding carboxylic acids is 1. The molecule has 1 heterocycles. The second-order valence-electron chi connectivity index (χ2n) is 5.18. The molecule has 0 bridgehead atoms. The lowest BCUT2D eigenvalue weighted by Gasteiger charge is -2.11. The lowest BCUT2D eigenvalue weighted by Crippen LogP contribution is -2.27. The van der Waals surface area contributed by atoms with E-state index in [9.17, 15) is 14.0 Å². The number of nitrogens with one attached hydrogen (secondary N) is 1. The maximum Gasteiger partial charge on any atom is 0.280 e. The van der Waals surface area contributed by atoms with Gasteiger partial charge >= 0.3 is 0 Å². The van der Waals surface area contributed by atoms with Crippen LogP contribution in [0.3, 0.4) is 0 Å². The summed E-state index contributed by atoms with van der Waals surface area (Å²) < 4.78 is 15.2. The first-order valence-corrected chi connectivity index (χ1v) is 7.28. The zero-order chi connectivity index (χ0) is 17.1. The van der Waals surface area contributed by atoms with Crippen molar-refractivity contribution < 1.29 is 9.18 Å². The van der Waals surface area contributed by atoms with Crippen LogP contribution in [0.2, 0.25) is 0 Å². The van der Waals surface area contributed by atoms with E-state index in [0.717, 1.165) is 5.69 Å². The molecule has 0 saturated heterocycles. The van der Waals surface area contributed by atoms with E-state index < -0.39 is 17.2 Å². The quantitative estimate of drug-likeness (QED) is 0.806. The first kappa shape index (κ1) is 15.6. The number of anilines is 1. The Morgan fingerprint density at radius 1 is 1.08 bits per heavy atom. The largest absolute Gasteiger partial charge is 0.318 e. The molecule has 1 N–H and O–H groups in total. The Hall–Kier alpha value is -3.28. The minimum atomic E-state index is -0.755. The summed E-state index contributed by atoms with van der Waals surface area (Å²) in [7, 11) is 0. The molecule has 1 aromatic heterocycles. The molecule has 3 rings (SSSR count). The van der Waals surface area contributed by atoms with Crippen molar-refractivity contribution in [2.24, 2.45) is 0 Å². The van der Waals surface area contributed by atoms with Gasteiger partial charge in [-0.2, -0.15) is 5.10 Å². The predicted octanol–water partition coefficient (Wildman–Crippen LogP) is 2.93. The molecule has 5 nitrogen and oxygen atoms in total. The van der Waals surface area contributed by atoms with Crippen LogP contribution in [0, 0.1) is 12.7 Å². The molecule has 2 aromatic carbocycles. The lowest BCUT2D eigenvalue weighted by molar-refractivity contribution is 0.101. The Balaban J connectivity index is 2.00. The van der Waals surface area contributed by atoms with Crippen LogP contribution in [-0.2, 0) is 0 Å². The van der Waals surface area contributed by atoms with Crippen LogP contribution in [0.25, 0.3) is 5.69 Å². The number of halogens is 1. The van der Waals surface area contributed by atoms with Crippen molar-refractivity contribution in [3.05, 3.63) is 88.1 Å². The minimum Gasteiger partial charge on any atom is -0.318 e. The van der Waals surface area contributed by atoms with Crippen molar-refractivity contribution in [1.82, 2.24) is 9.78 Å². The molecule has 120 valence electrons. The van der Waals surface area contributed by atoms with E-state index in [4.69, 9.17) is 0 Å². The van der Waals surface area contributed by atoms with Crippen LogP contribution >= 0.6 is 0 Å². The van der Waals surface area contributed by atoms with Gasteiger partial charge in [-0.3, -0.25) is 9.59 Å². The van der Waals surface area contributed by atoms with Gasteiger partial charge in [0, 0.05) is 11.8 Å². The molecule has 3 aromatic rings. The number of aromatic nitrogens is 2. The fourth-order valence-electron chi connectivity index (χ4n) is 2.28. The highest BCUT2D eigenvalue weighted by Gasteiger charge is 2.16. The summed E-state index contributed by atoms with van der Waals surface area (Å²) in [5.41, 5.74) is 0.486. The second kappa shape index (κ2) is 6.45. The van der Waals surface area contributed by atoms with Crippen molar-refractivity contribution in [3.8, 4) is 5.69 Å². The zero-order valence-electron chi connectivity index (χ0n) is 12.9. The van der Waals surface area contributed by atoms with Gasteiger partial charge in [0.25, 0.3) is 5.91 Å². The molecule has 6 heteroatoms. The van der Waals surface area contributed by atoms with Gasteiger partial charge in [0.1, 0.15) is 5.82 Å². The highest BCUT2D eigenvalue weighted by atomic mass is 19.1. The lowest BCUT2D eigenvalue weighted by atomic mass is 10.2. The van der Waals surface area contributed by atoms with Crippen LogP contribution in [0.15, 0.2) is 65.5 Å². The molecule has 0 spiro atoms. The Bertz CT molecular complexity index is 952. The standard InChI is InChI=1S/C18H14FN3O2/c1-12-11-16(23)17(21-22(12)13-7-3-2-4-8-13)18(24)20-15-10-6-5-9-14(15)19/h2-11H,1H3,(H,20,24). The maximum atomic E-state index is 13.7. The number of hydrogen-bond donors (Lipinski definition) is 1. The molecule has 0 unspecified atom stereocenters. The fourth-order valence-corrected chi connectivity index (χ4v) is 2.28. The van der Waals surface area contributed by atoms with Crippen molar-refractivity contribution in [2.75, 3.05) is 5.32 Å². The molecule has 0 fully saturated rings. The summed E-state index contributed by atoms with van der Waals surface area (Å²) in [6.07, 6.45) is 0. The number of amides is 1. The fraction of sp³-hybridized carbons (Fsp3) is 0.0556. The summed E-state index contributed by atoms with van der Waals surface area (Å²) in [6, 6.07) is 16.2. The molecular weight excluding hydrogens is 309 g/mol. The third-order valence-corrected chi connectivity index (χ3v) is 3.45. The molecule has 24 heavy (non-hydrogen) atoms. The first-order chi connectivity index (χ1) is 11.6. The first-order valence-electron chi connectivity index (χ1n) is 7.28. The normalized spacial score (nSPS) is 10.4. The Labute approximate surface area is 137 Å². The van der Waals surface area contributed by atoms with Crippen molar-refractivity contribution in [2.45, 2.75) is 6.92 Å². The highest BCUT2D eigenvalue weighted by Crippen LogP contribution is 2.13. The molecular formula is C18H14FN3O2. The molecule has 0 aliphatic heterocycles. The van der Waals surface area contributed by atoms with Gasteiger partial charge < -0.3 is 5.32 Å². The maximum absolute atomic E-state index is 13.7. The summed E-state index contributed by atoms with van der Waals surface area (Å²) in [5.74, 6) is -1.34. The number of rotatable bonds is 3. The van der Waals surface area contributed by atoms with Gasteiger partial charge in [0.15, 0.2) is 5.69 Å². The van der Waals surface area contributed by atoms with E-state index in [1.807, 2.05) is 30.3 Å². The molecule has 0 aliphatic rings. The number of hydrogen-bond acceptors (Lipinski definition) is 3. The van der Waals surface area contributed by atoms with Crippen LogP contribution in [0.4, 0.5) is 10.1 Å². The summed E-state index contributed by atoms with van der Waals surface area (Å²) in [6.45, 7) is 1.72. The SMILES string of the molecule is Cc1cc(=O)c(C(=O)Nc2ccccc2F)nn1-c1ccccc1. The van der Waals surface area contributed by atoms with Gasteiger partial charge in [-0.25, -0.2) is 9.07 Å². The van der Waals surface area contributed by atoms with E-state index in [1.54, 1.807) is 13.0 Å². The molecule has 0 saturated carbocycles. The summed E-state index contributed by atoms with van der Waals surface area (Å²) in [4.78, 5) is 24.4. The third kappa shape index (κ3) is 3.08. The van der Waals surface area contributed by atoms with Crippen LogP contribution in [0.1, 0.15) is 16.2 Å². The number of para-hydroxylation sites is 2. The van der Waals surface area contributed by atoms with Gasteiger partial charge in [-0.15, -0.1) is 0 Å². The number of nitrogens with zero attached hydrogens (tertiary/aromatic N) is 2. The molecule has 0 atom stereocenters. The summed E-state index contributed by atoms with van der Waals surface area (Å²) >= 11 is 0. The summed E-state index contributed by atoms with van der Waals surface area (Å²) in [5, 5.41) is 6.51. The van der Waals surface area contributed by atoms with Crippen molar-refractivity contribution in [3.63, 3.8) is 0 Å². The number of carbonyl (C=O) groups is 1. The van der Waals surface area contributed by atoms with E-state index in [2.05, 4.69) is 10.4 Å². The molecule has 1 amide bonds. The topological polar surface area (TPSA) is 64.0 Å². The Kier molecular flexibility index (Phi) is 4.20. The average Bonchev–Trinajstić information content (AvgIpc) is 2.58. The van der Waals surface area contributed by atoms with Crippen molar-refractivity contribution in [1.29, 1.82) is 0 Å². The highest BCUT2D eigenvalue weighted by molar-refractivity contribution is 6.02. The third-order valence-electron chi connectivity index (χ3n) is 3.45. The molecule has 0 radical (unpaired) electrons. The monoisotopic (exact) mass is 323 g/mol. The van der Waals surface area contributed by atoms with Gasteiger partial charge in [-0.05, 0) is 31.2 Å². The number of aryl methyl sites for hydroxylation is 1. The zero-order valence-corrected chi connectivity index (χ0v) is 12.9. The van der Waals surface area contributed by atoms with E-state index in [-0.39, 0.29) is 11.4 Å². The predicted molar refractivity (Wildman–Crippen MR) is 88.9 cm³/mol. The van der Waals surface area contributed by atoms with Gasteiger partial charge in [-0.1, -0.05) is 30.3 Å². The van der Waals surface area contributed by atoms with Crippen LogP contribution < -0.4 is 10.7 Å². The minimum absolute atomic E-state index is 0.00413. The smallest absolute Gasteiger partial charge is 0.280 e.